The van der Waals surface area contributed by atoms with Crippen LogP contribution in [0.1, 0.15) is 27.7 Å². The maximum absolute atomic E-state index is 10.7. The van der Waals surface area contributed by atoms with E-state index < -0.39 is 0 Å². The molecule has 0 aromatic rings. The van der Waals surface area contributed by atoms with Gasteiger partial charge in [0.05, 0.1) is 6.04 Å². The molecule has 0 rings (SSSR count). The van der Waals surface area contributed by atoms with Crippen molar-refractivity contribution in [1.29, 1.82) is 0 Å². The molecule has 0 unspecified atom stereocenters. The van der Waals surface area contributed by atoms with Crippen LogP contribution in [0, 0.1) is 5.41 Å². The minimum Gasteiger partial charge on any atom is -0.321 e. The van der Waals surface area contributed by atoms with Crippen molar-refractivity contribution in [3.05, 3.63) is 0 Å². The van der Waals surface area contributed by atoms with Gasteiger partial charge in [-0.25, -0.2) is 0 Å². The fraction of sp³-hybridized carbons (Fsp3) is 0.857. The quantitative estimate of drug-likeness (QED) is 0.713. The number of rotatable bonds is 1. The number of nitrogens with two attached hydrogens (primary N) is 1. The molecule has 0 radical (unpaired) electrons. The van der Waals surface area contributed by atoms with E-state index in [0.29, 0.717) is 0 Å². The van der Waals surface area contributed by atoms with E-state index in [1.807, 2.05) is 20.8 Å². The van der Waals surface area contributed by atoms with E-state index in [1.54, 1.807) is 0 Å². The Morgan fingerprint density at radius 2 is 1.70 bits per heavy atom. The van der Waals surface area contributed by atoms with Crippen molar-refractivity contribution in [3.8, 4) is 0 Å². The Morgan fingerprint density at radius 1 is 1.40 bits per heavy atom. The smallest absolute Gasteiger partial charge is 0.146 e. The molecule has 1 atom stereocenters. The minimum atomic E-state index is -0.322. The number of carbonyl (C=O) groups excluding carboxylic acids is 1. The van der Waals surface area contributed by atoms with Gasteiger partial charge >= 0.3 is 0 Å². The lowest BCUT2D eigenvalue weighted by Crippen LogP contribution is -2.40. The largest absolute Gasteiger partial charge is 0.321 e. The maximum Gasteiger partial charge on any atom is 0.146 e. The molecular formula is C7H16BrNO. The van der Waals surface area contributed by atoms with Crippen LogP contribution in [-0.2, 0) is 4.79 Å². The van der Waals surface area contributed by atoms with Crippen LogP contribution >= 0.6 is 17.0 Å². The first-order valence-electron chi connectivity index (χ1n) is 3.11. The van der Waals surface area contributed by atoms with E-state index in [4.69, 9.17) is 5.73 Å². The Balaban J connectivity index is 0. The Kier molecular flexibility index (Phi) is 5.21. The summed E-state index contributed by atoms with van der Waals surface area (Å²) in [6, 6.07) is -0.322. The number of hydrogen-bond donors (Lipinski definition) is 1. The van der Waals surface area contributed by atoms with Crippen molar-refractivity contribution < 1.29 is 4.79 Å². The summed E-state index contributed by atoms with van der Waals surface area (Å²) in [5, 5.41) is 0. The molecule has 3 heteroatoms. The molecule has 62 valence electrons. The molecule has 0 heterocycles. The van der Waals surface area contributed by atoms with Gasteiger partial charge < -0.3 is 5.73 Å². The molecule has 0 fully saturated rings. The molecule has 0 aromatic carbocycles. The van der Waals surface area contributed by atoms with Crippen LogP contribution in [0.4, 0.5) is 0 Å². The number of carbonyl (C=O) groups is 1. The van der Waals surface area contributed by atoms with Crippen molar-refractivity contribution in [2.75, 3.05) is 0 Å². The number of hydrogen-bond acceptors (Lipinski definition) is 2. The van der Waals surface area contributed by atoms with E-state index >= 15 is 0 Å². The third-order valence-corrected chi connectivity index (χ3v) is 1.37. The summed E-state index contributed by atoms with van der Waals surface area (Å²) in [6.07, 6.45) is 0. The van der Waals surface area contributed by atoms with Gasteiger partial charge in [0.25, 0.3) is 0 Å². The van der Waals surface area contributed by atoms with Crippen molar-refractivity contribution in [3.63, 3.8) is 0 Å². The normalized spacial score (nSPS) is 13.7. The Hall–Kier alpha value is 0.110. The Labute approximate surface area is 72.9 Å². The van der Waals surface area contributed by atoms with Gasteiger partial charge in [-0.2, -0.15) is 0 Å². The summed E-state index contributed by atoms with van der Waals surface area (Å²) < 4.78 is 0. The van der Waals surface area contributed by atoms with Crippen LogP contribution in [0.2, 0.25) is 0 Å². The topological polar surface area (TPSA) is 43.1 Å². The van der Waals surface area contributed by atoms with E-state index in [-0.39, 0.29) is 34.2 Å². The number of ketones is 1. The summed E-state index contributed by atoms with van der Waals surface area (Å²) in [6.45, 7) is 7.40. The number of halogens is 1. The second kappa shape index (κ2) is 4.09. The summed E-state index contributed by atoms with van der Waals surface area (Å²) in [7, 11) is 0. The Bertz CT molecular complexity index is 117. The van der Waals surface area contributed by atoms with Crippen LogP contribution in [0.3, 0.4) is 0 Å². The maximum atomic E-state index is 10.7. The highest BCUT2D eigenvalue weighted by molar-refractivity contribution is 8.93. The standard InChI is InChI=1S/C7H15NO.BrH/c1-5(9)6(8)7(2,3)4;/h6H,8H2,1-4H3;1H/t6-;/m1./s1. The number of Topliss-reactive ketones (excluding diaryl/α,β-unsaturated/α-hetero) is 1. The van der Waals surface area contributed by atoms with Crippen molar-refractivity contribution in [1.82, 2.24) is 0 Å². The first-order chi connectivity index (χ1) is 3.85. The fourth-order valence-corrected chi connectivity index (χ4v) is 0.610. The lowest BCUT2D eigenvalue weighted by Gasteiger charge is -2.23. The zero-order chi connectivity index (χ0) is 7.65. The van der Waals surface area contributed by atoms with Crippen LogP contribution in [0.25, 0.3) is 0 Å². The summed E-state index contributed by atoms with van der Waals surface area (Å²) in [5.74, 6) is 0.0579. The van der Waals surface area contributed by atoms with Gasteiger partial charge in [0.2, 0.25) is 0 Å². The van der Waals surface area contributed by atoms with Gasteiger partial charge in [0.1, 0.15) is 5.78 Å². The predicted molar refractivity (Wildman–Crippen MR) is 48.4 cm³/mol. The van der Waals surface area contributed by atoms with Gasteiger partial charge in [-0.05, 0) is 12.3 Å². The molecule has 10 heavy (non-hydrogen) atoms. The fourth-order valence-electron chi connectivity index (χ4n) is 0.610. The third-order valence-electron chi connectivity index (χ3n) is 1.37. The molecule has 0 saturated heterocycles. The molecule has 0 saturated carbocycles. The average Bonchev–Trinajstić information content (AvgIpc) is 1.62. The molecule has 0 aliphatic carbocycles. The lowest BCUT2D eigenvalue weighted by atomic mass is 9.85. The van der Waals surface area contributed by atoms with Gasteiger partial charge in [-0.15, -0.1) is 17.0 Å². The first-order valence-corrected chi connectivity index (χ1v) is 3.11. The highest BCUT2D eigenvalue weighted by Crippen LogP contribution is 2.17. The van der Waals surface area contributed by atoms with Gasteiger partial charge in [-0.3, -0.25) is 4.79 Å². The lowest BCUT2D eigenvalue weighted by molar-refractivity contribution is -0.120. The molecule has 0 aliphatic heterocycles. The Morgan fingerprint density at radius 3 is 1.70 bits per heavy atom. The van der Waals surface area contributed by atoms with Crippen molar-refractivity contribution >= 4 is 22.8 Å². The molecule has 0 amide bonds. The van der Waals surface area contributed by atoms with Gasteiger partial charge in [0.15, 0.2) is 0 Å². The van der Waals surface area contributed by atoms with E-state index in [2.05, 4.69) is 0 Å². The van der Waals surface area contributed by atoms with Crippen molar-refractivity contribution in [2.45, 2.75) is 33.7 Å². The van der Waals surface area contributed by atoms with Crippen LogP contribution in [-0.4, -0.2) is 11.8 Å². The second-order valence-electron chi connectivity index (χ2n) is 3.45. The van der Waals surface area contributed by atoms with Crippen LogP contribution in [0.5, 0.6) is 0 Å². The summed E-state index contributed by atoms with van der Waals surface area (Å²) in [4.78, 5) is 10.7. The average molecular weight is 210 g/mol. The van der Waals surface area contributed by atoms with Crippen LogP contribution in [0.15, 0.2) is 0 Å². The molecular weight excluding hydrogens is 194 g/mol. The van der Waals surface area contributed by atoms with Crippen LogP contribution < -0.4 is 5.73 Å². The summed E-state index contributed by atoms with van der Waals surface area (Å²) in [5.41, 5.74) is 5.45. The first kappa shape index (κ1) is 12.8. The zero-order valence-corrected chi connectivity index (χ0v) is 8.68. The molecule has 0 aliphatic rings. The summed E-state index contributed by atoms with van der Waals surface area (Å²) >= 11 is 0. The molecule has 0 spiro atoms. The zero-order valence-electron chi connectivity index (χ0n) is 6.97. The monoisotopic (exact) mass is 209 g/mol. The van der Waals surface area contributed by atoms with E-state index in [9.17, 15) is 4.79 Å². The molecule has 0 bridgehead atoms. The van der Waals surface area contributed by atoms with E-state index in [0.717, 1.165) is 0 Å². The third kappa shape index (κ3) is 4.01. The van der Waals surface area contributed by atoms with Crippen molar-refractivity contribution in [2.24, 2.45) is 11.1 Å². The second-order valence-corrected chi connectivity index (χ2v) is 3.45. The van der Waals surface area contributed by atoms with Gasteiger partial charge in [0, 0.05) is 0 Å². The molecule has 2 N–H and O–H groups in total. The molecule has 0 aromatic heterocycles. The predicted octanol–water partition coefficient (Wildman–Crippen LogP) is 1.53. The SMILES string of the molecule is Br.CC(=O)[C@@H](N)C(C)(C)C. The van der Waals surface area contributed by atoms with Gasteiger partial charge in [-0.1, -0.05) is 20.8 Å². The highest BCUT2D eigenvalue weighted by atomic mass is 79.9. The van der Waals surface area contributed by atoms with E-state index in [1.165, 1.54) is 6.92 Å². The molecule has 2 nitrogen and oxygen atoms in total. The minimum absolute atomic E-state index is 0. The highest BCUT2D eigenvalue weighted by Gasteiger charge is 2.23.